The zero-order chi connectivity index (χ0) is 13.2. The Morgan fingerprint density at radius 1 is 1.41 bits per heavy atom. The second-order valence-electron chi connectivity index (χ2n) is 2.80. The van der Waals surface area contributed by atoms with Crippen molar-refractivity contribution in [1.82, 2.24) is 4.98 Å². The molecule has 1 aromatic rings. The Labute approximate surface area is 106 Å². The fourth-order valence-corrected chi connectivity index (χ4v) is 1.69. The second-order valence-corrected chi connectivity index (χ2v) is 3.82. The third kappa shape index (κ3) is 3.67. The molecule has 1 aromatic heterocycles. The van der Waals surface area contributed by atoms with E-state index >= 15 is 0 Å². The van der Waals surface area contributed by atoms with E-state index < -0.39 is 34.6 Å². The van der Waals surface area contributed by atoms with E-state index in [9.17, 15) is 22.0 Å². The van der Waals surface area contributed by atoms with Crippen LogP contribution in [0.25, 0.3) is 0 Å². The summed E-state index contributed by atoms with van der Waals surface area (Å²) in [6, 6.07) is 0. The number of aromatic nitrogens is 1. The van der Waals surface area contributed by atoms with Crippen LogP contribution in [0.2, 0.25) is 0 Å². The Balaban J connectivity index is 3.34. The minimum absolute atomic E-state index is 0.218. The predicted molar refractivity (Wildman–Crippen MR) is 53.1 cm³/mol. The van der Waals surface area contributed by atoms with Gasteiger partial charge >= 0.3 is 6.36 Å². The summed E-state index contributed by atoms with van der Waals surface area (Å²) >= 11 is 7.97. The first-order valence-electron chi connectivity index (χ1n) is 4.03. The summed E-state index contributed by atoms with van der Waals surface area (Å²) in [4.78, 5) is 3.45. The van der Waals surface area contributed by atoms with Crippen LogP contribution in [0.3, 0.4) is 0 Å². The Kier molecular flexibility index (Phi) is 4.54. The maximum Gasteiger partial charge on any atom is 0.573 e. The highest BCUT2D eigenvalue weighted by Gasteiger charge is 2.35. The van der Waals surface area contributed by atoms with Crippen LogP contribution in [0.15, 0.2) is 10.8 Å². The minimum Gasteiger partial charge on any atom is -0.402 e. The van der Waals surface area contributed by atoms with Gasteiger partial charge in [-0.2, -0.15) is 0 Å². The SMILES string of the molecule is FC(F)c1c(CCl)cnc(Br)c1OC(F)(F)F. The van der Waals surface area contributed by atoms with Gasteiger partial charge in [-0.15, -0.1) is 24.8 Å². The summed E-state index contributed by atoms with van der Waals surface area (Å²) in [5.74, 6) is -1.46. The Bertz CT molecular complexity index is 412. The normalized spacial score (nSPS) is 12.0. The summed E-state index contributed by atoms with van der Waals surface area (Å²) in [6.45, 7) is 0. The lowest BCUT2D eigenvalue weighted by atomic mass is 10.1. The molecule has 0 unspecified atom stereocenters. The fourth-order valence-electron chi connectivity index (χ4n) is 1.08. The van der Waals surface area contributed by atoms with Crippen LogP contribution in [-0.4, -0.2) is 11.3 Å². The molecule has 0 atom stereocenters. The van der Waals surface area contributed by atoms with E-state index in [1.165, 1.54) is 0 Å². The van der Waals surface area contributed by atoms with Crippen molar-refractivity contribution in [2.45, 2.75) is 18.7 Å². The van der Waals surface area contributed by atoms with Crippen molar-refractivity contribution in [3.8, 4) is 5.75 Å². The van der Waals surface area contributed by atoms with Crippen molar-refractivity contribution >= 4 is 27.5 Å². The fraction of sp³-hybridized carbons (Fsp3) is 0.375. The molecule has 0 bridgehead atoms. The average molecular weight is 340 g/mol. The van der Waals surface area contributed by atoms with Crippen LogP contribution in [0.4, 0.5) is 22.0 Å². The standard InChI is InChI=1S/C8H4BrClF5NO/c9-6-5(17-8(13,14)15)4(7(11)12)3(1-10)2-16-6/h2,7H,1H2. The summed E-state index contributed by atoms with van der Waals surface area (Å²) < 4.78 is 64.6. The molecular weight excluding hydrogens is 336 g/mol. The largest absolute Gasteiger partial charge is 0.573 e. The number of rotatable bonds is 3. The molecule has 0 spiro atoms. The number of hydrogen-bond donors (Lipinski definition) is 0. The average Bonchev–Trinajstić information content (AvgIpc) is 2.18. The van der Waals surface area contributed by atoms with Gasteiger partial charge in [-0.25, -0.2) is 13.8 Å². The second kappa shape index (κ2) is 5.34. The quantitative estimate of drug-likeness (QED) is 0.462. The minimum atomic E-state index is -5.08. The van der Waals surface area contributed by atoms with Gasteiger partial charge < -0.3 is 4.74 Å². The van der Waals surface area contributed by atoms with Crippen LogP contribution in [-0.2, 0) is 5.88 Å². The molecule has 0 aliphatic carbocycles. The molecule has 9 heteroatoms. The lowest BCUT2D eigenvalue weighted by molar-refractivity contribution is -0.275. The van der Waals surface area contributed by atoms with E-state index in [2.05, 4.69) is 25.7 Å². The van der Waals surface area contributed by atoms with Gasteiger partial charge in [-0.05, 0) is 21.5 Å². The van der Waals surface area contributed by atoms with Crippen molar-refractivity contribution < 1.29 is 26.7 Å². The monoisotopic (exact) mass is 339 g/mol. The van der Waals surface area contributed by atoms with Gasteiger partial charge in [0.2, 0.25) is 0 Å². The van der Waals surface area contributed by atoms with Crippen LogP contribution in [0.1, 0.15) is 17.6 Å². The molecule has 0 N–H and O–H groups in total. The molecule has 17 heavy (non-hydrogen) atoms. The molecule has 96 valence electrons. The van der Waals surface area contributed by atoms with Gasteiger partial charge in [0.15, 0.2) is 5.75 Å². The van der Waals surface area contributed by atoms with E-state index in [1.54, 1.807) is 0 Å². The number of ether oxygens (including phenoxy) is 1. The first-order valence-corrected chi connectivity index (χ1v) is 5.36. The van der Waals surface area contributed by atoms with Crippen molar-refractivity contribution in [2.24, 2.45) is 0 Å². The third-order valence-electron chi connectivity index (χ3n) is 1.69. The molecule has 1 heterocycles. The van der Waals surface area contributed by atoms with Crippen LogP contribution >= 0.6 is 27.5 Å². The van der Waals surface area contributed by atoms with Crippen molar-refractivity contribution in [3.05, 3.63) is 21.9 Å². The summed E-state index contributed by atoms with van der Waals surface area (Å²) in [7, 11) is 0. The molecule has 0 aliphatic heterocycles. The van der Waals surface area contributed by atoms with E-state index in [4.69, 9.17) is 11.6 Å². The summed E-state index contributed by atoms with van der Waals surface area (Å²) in [5.41, 5.74) is -1.14. The molecule has 1 rings (SSSR count). The number of halogens is 7. The van der Waals surface area contributed by atoms with Crippen molar-refractivity contribution in [2.75, 3.05) is 0 Å². The van der Waals surface area contributed by atoms with Crippen LogP contribution in [0, 0.1) is 0 Å². The zero-order valence-corrected chi connectivity index (χ0v) is 10.2. The molecule has 0 radical (unpaired) electrons. The highest BCUT2D eigenvalue weighted by atomic mass is 79.9. The molecule has 0 amide bonds. The molecule has 0 aliphatic rings. The maximum atomic E-state index is 12.7. The summed E-state index contributed by atoms with van der Waals surface area (Å²) in [5, 5.41) is 0. The van der Waals surface area contributed by atoms with E-state index in [-0.39, 0.29) is 5.56 Å². The smallest absolute Gasteiger partial charge is 0.402 e. The van der Waals surface area contributed by atoms with Crippen LogP contribution < -0.4 is 4.74 Å². The highest BCUT2D eigenvalue weighted by molar-refractivity contribution is 9.10. The lowest BCUT2D eigenvalue weighted by Crippen LogP contribution is -2.19. The van der Waals surface area contributed by atoms with E-state index in [0.717, 1.165) is 6.20 Å². The number of hydrogen-bond acceptors (Lipinski definition) is 2. The Morgan fingerprint density at radius 3 is 2.41 bits per heavy atom. The molecular formula is C8H4BrClF5NO. The van der Waals surface area contributed by atoms with Crippen LogP contribution in [0.5, 0.6) is 5.75 Å². The molecule has 0 aromatic carbocycles. The highest BCUT2D eigenvalue weighted by Crippen LogP contribution is 2.39. The van der Waals surface area contributed by atoms with Gasteiger partial charge in [0.1, 0.15) is 4.60 Å². The topological polar surface area (TPSA) is 22.1 Å². The van der Waals surface area contributed by atoms with Gasteiger partial charge in [0.05, 0.1) is 5.56 Å². The number of nitrogens with zero attached hydrogens (tertiary/aromatic N) is 1. The first-order chi connectivity index (χ1) is 7.76. The molecule has 0 saturated carbocycles. The van der Waals surface area contributed by atoms with Crippen molar-refractivity contribution in [3.63, 3.8) is 0 Å². The molecule has 0 fully saturated rings. The first kappa shape index (κ1) is 14.4. The number of pyridine rings is 1. The molecule has 0 saturated heterocycles. The van der Waals surface area contributed by atoms with Crippen molar-refractivity contribution in [1.29, 1.82) is 0 Å². The Hall–Kier alpha value is -0.630. The van der Waals surface area contributed by atoms with Gasteiger partial charge in [0, 0.05) is 12.1 Å². The lowest BCUT2D eigenvalue weighted by Gasteiger charge is -2.16. The van der Waals surface area contributed by atoms with Gasteiger partial charge in [-0.3, -0.25) is 0 Å². The third-order valence-corrected chi connectivity index (χ3v) is 2.54. The predicted octanol–water partition coefficient (Wildman–Crippen LogP) is 4.42. The van der Waals surface area contributed by atoms with E-state index in [0.29, 0.717) is 0 Å². The summed E-state index contributed by atoms with van der Waals surface area (Å²) in [6.07, 6.45) is -7.28. The van der Waals surface area contributed by atoms with Gasteiger partial charge in [-0.1, -0.05) is 0 Å². The Morgan fingerprint density at radius 2 is 2.00 bits per heavy atom. The number of alkyl halides is 6. The van der Waals surface area contributed by atoms with Gasteiger partial charge in [0.25, 0.3) is 6.43 Å². The molecule has 2 nitrogen and oxygen atoms in total. The maximum absolute atomic E-state index is 12.7. The zero-order valence-electron chi connectivity index (χ0n) is 7.86. The van der Waals surface area contributed by atoms with E-state index in [1.807, 2.05) is 0 Å².